The predicted molar refractivity (Wildman–Crippen MR) is 49.5 cm³/mol. The maximum atomic E-state index is 5.27. The Bertz CT molecular complexity index is 229. The summed E-state index contributed by atoms with van der Waals surface area (Å²) in [7, 11) is 0. The van der Waals surface area contributed by atoms with Gasteiger partial charge in [0.25, 0.3) is 0 Å². The standard InChI is InChI=1S/C9H15N3O/c1-2-10-12(3-1)5-4-11-6-8-13-9-7-11/h1-3H,4-9H2. The summed E-state index contributed by atoms with van der Waals surface area (Å²) in [6.45, 7) is 5.92. The van der Waals surface area contributed by atoms with Gasteiger partial charge in [-0.2, -0.15) is 5.10 Å². The van der Waals surface area contributed by atoms with Crippen LogP contribution in [0.2, 0.25) is 0 Å². The summed E-state index contributed by atoms with van der Waals surface area (Å²) >= 11 is 0. The molecule has 4 heteroatoms. The zero-order valence-electron chi connectivity index (χ0n) is 7.72. The SMILES string of the molecule is c1cnn(CCN2CCOCC2)c1. The Morgan fingerprint density at radius 2 is 2.08 bits per heavy atom. The fraction of sp³-hybridized carbons (Fsp3) is 0.667. The highest BCUT2D eigenvalue weighted by Gasteiger charge is 2.09. The monoisotopic (exact) mass is 181 g/mol. The van der Waals surface area contributed by atoms with Gasteiger partial charge in [-0.3, -0.25) is 9.58 Å². The molecule has 72 valence electrons. The zero-order chi connectivity index (χ0) is 8.93. The number of ether oxygens (including phenoxy) is 1. The van der Waals surface area contributed by atoms with Crippen molar-refractivity contribution < 1.29 is 4.74 Å². The van der Waals surface area contributed by atoms with E-state index < -0.39 is 0 Å². The van der Waals surface area contributed by atoms with Crippen LogP contribution in [-0.4, -0.2) is 47.5 Å². The first-order valence-corrected chi connectivity index (χ1v) is 4.73. The molecule has 0 spiro atoms. The molecule has 1 aromatic heterocycles. The molecule has 0 bridgehead atoms. The summed E-state index contributed by atoms with van der Waals surface area (Å²) in [5.41, 5.74) is 0. The van der Waals surface area contributed by atoms with Gasteiger partial charge < -0.3 is 4.74 Å². The van der Waals surface area contributed by atoms with E-state index in [0.29, 0.717) is 0 Å². The van der Waals surface area contributed by atoms with Crippen LogP contribution >= 0.6 is 0 Å². The summed E-state index contributed by atoms with van der Waals surface area (Å²) in [6.07, 6.45) is 3.82. The maximum absolute atomic E-state index is 5.27. The van der Waals surface area contributed by atoms with Gasteiger partial charge >= 0.3 is 0 Å². The summed E-state index contributed by atoms with van der Waals surface area (Å²) in [6, 6.07) is 1.96. The third-order valence-electron chi connectivity index (χ3n) is 2.31. The van der Waals surface area contributed by atoms with Gasteiger partial charge in [0, 0.05) is 32.0 Å². The summed E-state index contributed by atoms with van der Waals surface area (Å²) in [5, 5.41) is 4.16. The van der Waals surface area contributed by atoms with Crippen LogP contribution in [0, 0.1) is 0 Å². The Kier molecular flexibility index (Phi) is 2.94. The predicted octanol–water partition coefficient (Wildman–Crippen LogP) is 0.215. The van der Waals surface area contributed by atoms with E-state index >= 15 is 0 Å². The molecular formula is C9H15N3O. The van der Waals surface area contributed by atoms with Gasteiger partial charge in [-0.25, -0.2) is 0 Å². The molecule has 0 saturated carbocycles. The number of morpholine rings is 1. The lowest BCUT2D eigenvalue weighted by atomic mass is 10.4. The molecule has 0 atom stereocenters. The van der Waals surface area contributed by atoms with E-state index in [1.165, 1.54) is 0 Å². The second kappa shape index (κ2) is 4.39. The van der Waals surface area contributed by atoms with Gasteiger partial charge in [0.2, 0.25) is 0 Å². The van der Waals surface area contributed by atoms with Crippen molar-refractivity contribution in [2.75, 3.05) is 32.8 Å². The normalized spacial score (nSPS) is 19.1. The van der Waals surface area contributed by atoms with E-state index in [9.17, 15) is 0 Å². The number of hydrogen-bond donors (Lipinski definition) is 0. The number of aromatic nitrogens is 2. The Morgan fingerprint density at radius 1 is 1.23 bits per heavy atom. The minimum absolute atomic E-state index is 0.874. The second-order valence-corrected chi connectivity index (χ2v) is 3.22. The Balaban J connectivity index is 1.72. The third-order valence-corrected chi connectivity index (χ3v) is 2.31. The summed E-state index contributed by atoms with van der Waals surface area (Å²) in [4.78, 5) is 2.41. The lowest BCUT2D eigenvalue weighted by molar-refractivity contribution is 0.0360. The molecule has 1 aliphatic rings. The van der Waals surface area contributed by atoms with Crippen molar-refractivity contribution in [1.29, 1.82) is 0 Å². The summed E-state index contributed by atoms with van der Waals surface area (Å²) < 4.78 is 7.24. The van der Waals surface area contributed by atoms with E-state index in [1.54, 1.807) is 0 Å². The van der Waals surface area contributed by atoms with Crippen LogP contribution in [0.5, 0.6) is 0 Å². The number of rotatable bonds is 3. The average molecular weight is 181 g/mol. The molecule has 0 aromatic carbocycles. The second-order valence-electron chi connectivity index (χ2n) is 3.22. The Labute approximate surface area is 78.1 Å². The molecule has 0 unspecified atom stereocenters. The smallest absolute Gasteiger partial charge is 0.0594 e. The van der Waals surface area contributed by atoms with Crippen molar-refractivity contribution in [3.05, 3.63) is 18.5 Å². The van der Waals surface area contributed by atoms with Crippen LogP contribution < -0.4 is 0 Å². The van der Waals surface area contributed by atoms with E-state index in [0.717, 1.165) is 39.4 Å². The lowest BCUT2D eigenvalue weighted by Gasteiger charge is -2.26. The number of hydrogen-bond acceptors (Lipinski definition) is 3. The van der Waals surface area contributed by atoms with Gasteiger partial charge in [0.1, 0.15) is 0 Å². The summed E-state index contributed by atoms with van der Waals surface area (Å²) in [5.74, 6) is 0. The number of nitrogens with zero attached hydrogens (tertiary/aromatic N) is 3. The lowest BCUT2D eigenvalue weighted by Crippen LogP contribution is -2.38. The maximum Gasteiger partial charge on any atom is 0.0594 e. The van der Waals surface area contributed by atoms with Crippen LogP contribution in [-0.2, 0) is 11.3 Å². The molecule has 1 fully saturated rings. The van der Waals surface area contributed by atoms with Crippen molar-refractivity contribution in [3.8, 4) is 0 Å². The molecule has 0 amide bonds. The van der Waals surface area contributed by atoms with E-state index in [4.69, 9.17) is 4.74 Å². The van der Waals surface area contributed by atoms with Crippen LogP contribution in [0.1, 0.15) is 0 Å². The van der Waals surface area contributed by atoms with Gasteiger partial charge in [-0.1, -0.05) is 0 Å². The quantitative estimate of drug-likeness (QED) is 0.668. The van der Waals surface area contributed by atoms with E-state index in [2.05, 4.69) is 10.00 Å². The largest absolute Gasteiger partial charge is 0.379 e. The van der Waals surface area contributed by atoms with Gasteiger partial charge in [-0.05, 0) is 6.07 Å². The highest BCUT2D eigenvalue weighted by Crippen LogP contribution is 1.96. The molecule has 1 aliphatic heterocycles. The zero-order valence-corrected chi connectivity index (χ0v) is 7.72. The Hall–Kier alpha value is -0.870. The van der Waals surface area contributed by atoms with E-state index in [1.807, 2.05) is 23.1 Å². The molecule has 0 N–H and O–H groups in total. The minimum atomic E-state index is 0.874. The highest BCUT2D eigenvalue weighted by molar-refractivity contribution is 4.78. The van der Waals surface area contributed by atoms with Crippen molar-refractivity contribution in [2.24, 2.45) is 0 Å². The molecule has 0 radical (unpaired) electrons. The first-order chi connectivity index (χ1) is 6.45. The third kappa shape index (κ3) is 2.54. The fourth-order valence-corrected chi connectivity index (χ4v) is 1.50. The average Bonchev–Trinajstić information content (AvgIpc) is 2.69. The molecule has 2 heterocycles. The van der Waals surface area contributed by atoms with Crippen LogP contribution in [0.3, 0.4) is 0 Å². The molecule has 2 rings (SSSR count). The molecular weight excluding hydrogens is 166 g/mol. The Morgan fingerprint density at radius 3 is 2.77 bits per heavy atom. The molecule has 4 nitrogen and oxygen atoms in total. The van der Waals surface area contributed by atoms with Crippen molar-refractivity contribution in [1.82, 2.24) is 14.7 Å². The molecule has 13 heavy (non-hydrogen) atoms. The highest BCUT2D eigenvalue weighted by atomic mass is 16.5. The van der Waals surface area contributed by atoms with Crippen molar-refractivity contribution >= 4 is 0 Å². The van der Waals surface area contributed by atoms with Crippen LogP contribution in [0.25, 0.3) is 0 Å². The van der Waals surface area contributed by atoms with E-state index in [-0.39, 0.29) is 0 Å². The van der Waals surface area contributed by atoms with Gasteiger partial charge in [0.05, 0.1) is 19.8 Å². The molecule has 1 aromatic rings. The van der Waals surface area contributed by atoms with Crippen LogP contribution in [0.15, 0.2) is 18.5 Å². The minimum Gasteiger partial charge on any atom is -0.379 e. The van der Waals surface area contributed by atoms with Gasteiger partial charge in [-0.15, -0.1) is 0 Å². The fourth-order valence-electron chi connectivity index (χ4n) is 1.50. The first kappa shape index (κ1) is 8.72. The molecule has 1 saturated heterocycles. The first-order valence-electron chi connectivity index (χ1n) is 4.73. The van der Waals surface area contributed by atoms with Crippen molar-refractivity contribution in [2.45, 2.75) is 6.54 Å². The van der Waals surface area contributed by atoms with Crippen LogP contribution in [0.4, 0.5) is 0 Å². The van der Waals surface area contributed by atoms with Crippen molar-refractivity contribution in [3.63, 3.8) is 0 Å². The molecule has 0 aliphatic carbocycles. The van der Waals surface area contributed by atoms with Gasteiger partial charge in [0.15, 0.2) is 0 Å². The topological polar surface area (TPSA) is 30.3 Å².